The second kappa shape index (κ2) is 5.84. The number of amides is 2. The number of nitrogens with two attached hydrogens (primary N) is 1. The monoisotopic (exact) mass is 227 g/mol. The molecule has 1 unspecified atom stereocenters. The van der Waals surface area contributed by atoms with E-state index in [9.17, 15) is 9.59 Å². The predicted molar refractivity (Wildman–Crippen MR) is 61.6 cm³/mol. The van der Waals surface area contributed by atoms with E-state index in [0.717, 1.165) is 6.42 Å². The number of rotatable bonds is 3. The summed E-state index contributed by atoms with van der Waals surface area (Å²) in [6.07, 6.45) is 0.812. The number of carbonyl (C=O) groups is 2. The lowest BCUT2D eigenvalue weighted by Crippen LogP contribution is -2.44. The van der Waals surface area contributed by atoms with Crippen LogP contribution in [0.4, 0.5) is 0 Å². The van der Waals surface area contributed by atoms with Crippen molar-refractivity contribution in [2.75, 3.05) is 26.2 Å². The quantitative estimate of drug-likeness (QED) is 0.686. The highest BCUT2D eigenvalue weighted by Crippen LogP contribution is 2.13. The number of nitrogens with zero attached hydrogens (tertiary/aromatic N) is 1. The van der Waals surface area contributed by atoms with E-state index in [1.807, 2.05) is 13.8 Å². The molecule has 5 heteroatoms. The lowest BCUT2D eigenvalue weighted by atomic mass is 9.94. The predicted octanol–water partition coefficient (Wildman–Crippen LogP) is -0.434. The van der Waals surface area contributed by atoms with Gasteiger partial charge in [0.1, 0.15) is 0 Å². The van der Waals surface area contributed by atoms with E-state index in [1.165, 1.54) is 0 Å². The van der Waals surface area contributed by atoms with E-state index in [2.05, 4.69) is 5.32 Å². The van der Waals surface area contributed by atoms with Crippen LogP contribution in [0.25, 0.3) is 0 Å². The molecule has 16 heavy (non-hydrogen) atoms. The summed E-state index contributed by atoms with van der Waals surface area (Å²) in [6, 6.07) is 0. The molecule has 0 spiro atoms. The Morgan fingerprint density at radius 3 is 2.81 bits per heavy atom. The van der Waals surface area contributed by atoms with Crippen LogP contribution in [0.1, 0.15) is 20.3 Å². The molecule has 0 aromatic rings. The zero-order chi connectivity index (χ0) is 12.1. The van der Waals surface area contributed by atoms with Gasteiger partial charge in [0.25, 0.3) is 0 Å². The van der Waals surface area contributed by atoms with Crippen LogP contribution in [-0.2, 0) is 9.59 Å². The Hall–Kier alpha value is -1.10. The van der Waals surface area contributed by atoms with E-state index < -0.39 is 0 Å². The minimum atomic E-state index is -0.175. The van der Waals surface area contributed by atoms with E-state index in [-0.39, 0.29) is 30.2 Å². The first-order valence-electron chi connectivity index (χ1n) is 5.81. The molecule has 92 valence electrons. The van der Waals surface area contributed by atoms with Crippen molar-refractivity contribution >= 4 is 11.8 Å². The number of carbonyl (C=O) groups excluding carboxylic acids is 2. The van der Waals surface area contributed by atoms with Crippen molar-refractivity contribution in [2.24, 2.45) is 17.6 Å². The smallest absolute Gasteiger partial charge is 0.239 e. The average Bonchev–Trinajstić information content (AvgIpc) is 2.43. The largest absolute Gasteiger partial charge is 0.354 e. The van der Waals surface area contributed by atoms with Gasteiger partial charge in [-0.1, -0.05) is 13.8 Å². The van der Waals surface area contributed by atoms with Crippen LogP contribution >= 0.6 is 0 Å². The Kier molecular flexibility index (Phi) is 4.73. The van der Waals surface area contributed by atoms with Crippen LogP contribution < -0.4 is 11.1 Å². The fourth-order valence-electron chi connectivity index (χ4n) is 1.89. The first-order valence-corrected chi connectivity index (χ1v) is 5.81. The highest BCUT2D eigenvalue weighted by molar-refractivity contribution is 5.86. The van der Waals surface area contributed by atoms with E-state index >= 15 is 0 Å². The Labute approximate surface area is 96.4 Å². The van der Waals surface area contributed by atoms with Gasteiger partial charge in [-0.3, -0.25) is 9.59 Å². The number of hydrogen-bond donors (Lipinski definition) is 2. The van der Waals surface area contributed by atoms with Crippen molar-refractivity contribution < 1.29 is 9.59 Å². The van der Waals surface area contributed by atoms with Crippen molar-refractivity contribution in [3.63, 3.8) is 0 Å². The molecule has 2 amide bonds. The molecule has 1 fully saturated rings. The highest BCUT2D eigenvalue weighted by atomic mass is 16.2. The van der Waals surface area contributed by atoms with Crippen LogP contribution in [0.3, 0.4) is 0 Å². The van der Waals surface area contributed by atoms with Gasteiger partial charge in [0.05, 0.1) is 12.5 Å². The molecule has 0 bridgehead atoms. The molecule has 0 aromatic carbocycles. The SMILES string of the molecule is CC(C)C(CN)C(=O)N1CCCNC(=O)C1. The van der Waals surface area contributed by atoms with Crippen LogP contribution in [0.5, 0.6) is 0 Å². The summed E-state index contributed by atoms with van der Waals surface area (Å²) in [5.74, 6) is -0.0327. The summed E-state index contributed by atoms with van der Waals surface area (Å²) in [5, 5.41) is 2.75. The highest BCUT2D eigenvalue weighted by Gasteiger charge is 2.27. The van der Waals surface area contributed by atoms with Gasteiger partial charge in [-0.15, -0.1) is 0 Å². The van der Waals surface area contributed by atoms with Gasteiger partial charge in [-0.25, -0.2) is 0 Å². The lowest BCUT2D eigenvalue weighted by molar-refractivity contribution is -0.139. The van der Waals surface area contributed by atoms with Gasteiger partial charge in [0, 0.05) is 19.6 Å². The number of hydrogen-bond acceptors (Lipinski definition) is 3. The van der Waals surface area contributed by atoms with Crippen molar-refractivity contribution in [1.29, 1.82) is 0 Å². The fraction of sp³-hybridized carbons (Fsp3) is 0.818. The summed E-state index contributed by atoms with van der Waals surface area (Å²) in [7, 11) is 0. The normalized spacial score (nSPS) is 19.2. The molecule has 1 rings (SSSR count). The fourth-order valence-corrected chi connectivity index (χ4v) is 1.89. The van der Waals surface area contributed by atoms with Crippen molar-refractivity contribution in [3.8, 4) is 0 Å². The Bertz CT molecular complexity index is 266. The van der Waals surface area contributed by atoms with Crippen molar-refractivity contribution in [3.05, 3.63) is 0 Å². The Morgan fingerprint density at radius 2 is 2.25 bits per heavy atom. The summed E-state index contributed by atoms with van der Waals surface area (Å²) in [4.78, 5) is 25.1. The molecule has 1 atom stereocenters. The Balaban J connectivity index is 2.66. The van der Waals surface area contributed by atoms with Gasteiger partial charge in [-0.2, -0.15) is 0 Å². The third-order valence-electron chi connectivity index (χ3n) is 2.95. The zero-order valence-corrected chi connectivity index (χ0v) is 10.0. The van der Waals surface area contributed by atoms with E-state index in [0.29, 0.717) is 19.6 Å². The molecule has 0 aromatic heterocycles. The third kappa shape index (κ3) is 3.20. The summed E-state index contributed by atoms with van der Waals surface area (Å²) < 4.78 is 0. The molecule has 1 aliphatic heterocycles. The topological polar surface area (TPSA) is 75.4 Å². The van der Waals surface area contributed by atoms with Crippen molar-refractivity contribution in [1.82, 2.24) is 10.2 Å². The Morgan fingerprint density at radius 1 is 1.56 bits per heavy atom. The molecule has 0 radical (unpaired) electrons. The molecule has 3 N–H and O–H groups in total. The number of nitrogens with one attached hydrogen (secondary N) is 1. The summed E-state index contributed by atoms with van der Waals surface area (Å²) in [6.45, 7) is 5.76. The maximum absolute atomic E-state index is 12.1. The third-order valence-corrected chi connectivity index (χ3v) is 2.95. The van der Waals surface area contributed by atoms with Crippen LogP contribution in [-0.4, -0.2) is 42.9 Å². The summed E-state index contributed by atoms with van der Waals surface area (Å²) >= 11 is 0. The second-order valence-corrected chi connectivity index (χ2v) is 4.55. The molecule has 0 saturated carbocycles. The molecule has 1 saturated heterocycles. The minimum absolute atomic E-state index is 0.00884. The standard InChI is InChI=1S/C11H21N3O2/c1-8(2)9(6-12)11(16)14-5-3-4-13-10(15)7-14/h8-9H,3-7,12H2,1-2H3,(H,13,15). The van der Waals surface area contributed by atoms with E-state index in [1.54, 1.807) is 4.90 Å². The molecule has 1 aliphatic rings. The van der Waals surface area contributed by atoms with Gasteiger partial charge in [-0.05, 0) is 12.3 Å². The maximum Gasteiger partial charge on any atom is 0.239 e. The molecule has 0 aliphatic carbocycles. The van der Waals surface area contributed by atoms with Crippen LogP contribution in [0.2, 0.25) is 0 Å². The molecule has 5 nitrogen and oxygen atoms in total. The molecule has 1 heterocycles. The van der Waals surface area contributed by atoms with Gasteiger partial charge in [0.2, 0.25) is 11.8 Å². The maximum atomic E-state index is 12.1. The zero-order valence-electron chi connectivity index (χ0n) is 10.0. The van der Waals surface area contributed by atoms with Gasteiger partial charge >= 0.3 is 0 Å². The van der Waals surface area contributed by atoms with Gasteiger partial charge in [0.15, 0.2) is 0 Å². The molecular formula is C11H21N3O2. The lowest BCUT2D eigenvalue weighted by Gasteiger charge is -2.26. The van der Waals surface area contributed by atoms with E-state index in [4.69, 9.17) is 5.73 Å². The molecular weight excluding hydrogens is 206 g/mol. The first-order chi connectivity index (χ1) is 7.56. The first kappa shape index (κ1) is 13.0. The van der Waals surface area contributed by atoms with Crippen molar-refractivity contribution in [2.45, 2.75) is 20.3 Å². The van der Waals surface area contributed by atoms with Gasteiger partial charge < -0.3 is 16.0 Å². The second-order valence-electron chi connectivity index (χ2n) is 4.55. The van der Waals surface area contributed by atoms with Crippen LogP contribution in [0, 0.1) is 11.8 Å². The minimum Gasteiger partial charge on any atom is -0.354 e. The van der Waals surface area contributed by atoms with Crippen LogP contribution in [0.15, 0.2) is 0 Å². The summed E-state index contributed by atoms with van der Waals surface area (Å²) in [5.41, 5.74) is 5.61. The average molecular weight is 227 g/mol.